The number of benzene rings is 2. The Morgan fingerprint density at radius 2 is 1.96 bits per heavy atom. The monoisotopic (exact) mass is 376 g/mol. The van der Waals surface area contributed by atoms with Crippen molar-refractivity contribution in [3.63, 3.8) is 0 Å². The van der Waals surface area contributed by atoms with E-state index in [1.165, 1.54) is 0 Å². The molecule has 1 aliphatic rings. The van der Waals surface area contributed by atoms with Crippen LogP contribution < -0.4 is 19.5 Å². The van der Waals surface area contributed by atoms with Gasteiger partial charge in [0.15, 0.2) is 11.5 Å². The molecule has 1 aliphatic heterocycles. The van der Waals surface area contributed by atoms with Crippen LogP contribution in [0.25, 0.3) is 0 Å². The Labute approximate surface area is 163 Å². The Balaban J connectivity index is 1.29. The highest BCUT2D eigenvalue weighted by molar-refractivity contribution is 5.91. The number of carbonyl (C=O) groups excluding carboxylic acids is 1. The normalized spacial score (nSPS) is 11.9. The standard InChI is InChI=1S/C22H20N2O4/c25-22(10-8-16-7-9-20-21(12-16)28-15-27-20)24-17-5-3-6-19(13-17)26-14-18-4-1-2-11-23-18/h1-7,9,11-13H,8,10,14-15H2,(H,24,25). The minimum atomic E-state index is -0.0560. The fraction of sp³-hybridized carbons (Fsp3) is 0.182. The van der Waals surface area contributed by atoms with Crippen LogP contribution in [0.1, 0.15) is 17.7 Å². The maximum Gasteiger partial charge on any atom is 0.231 e. The van der Waals surface area contributed by atoms with Crippen LogP contribution in [-0.4, -0.2) is 17.7 Å². The van der Waals surface area contributed by atoms with Crippen LogP contribution in [0, 0.1) is 0 Å². The number of rotatable bonds is 7. The van der Waals surface area contributed by atoms with E-state index >= 15 is 0 Å². The molecule has 1 amide bonds. The molecule has 0 atom stereocenters. The average Bonchev–Trinajstić information content (AvgIpc) is 3.20. The Morgan fingerprint density at radius 3 is 2.86 bits per heavy atom. The van der Waals surface area contributed by atoms with E-state index in [4.69, 9.17) is 14.2 Å². The lowest BCUT2D eigenvalue weighted by Gasteiger charge is -2.09. The van der Waals surface area contributed by atoms with Crippen LogP contribution in [0.2, 0.25) is 0 Å². The van der Waals surface area contributed by atoms with Gasteiger partial charge >= 0.3 is 0 Å². The highest BCUT2D eigenvalue weighted by Crippen LogP contribution is 2.32. The van der Waals surface area contributed by atoms with E-state index in [9.17, 15) is 4.79 Å². The van der Waals surface area contributed by atoms with Crippen LogP contribution in [0.4, 0.5) is 5.69 Å². The number of fused-ring (bicyclic) bond motifs is 1. The van der Waals surface area contributed by atoms with Crippen LogP contribution in [0.3, 0.4) is 0 Å². The van der Waals surface area contributed by atoms with E-state index in [-0.39, 0.29) is 12.7 Å². The van der Waals surface area contributed by atoms with Gasteiger partial charge < -0.3 is 19.5 Å². The second-order valence-corrected chi connectivity index (χ2v) is 6.37. The van der Waals surface area contributed by atoms with E-state index in [1.807, 2.05) is 54.6 Å². The molecule has 6 heteroatoms. The molecule has 28 heavy (non-hydrogen) atoms. The first-order valence-corrected chi connectivity index (χ1v) is 9.07. The quantitative estimate of drug-likeness (QED) is 0.676. The molecule has 0 fully saturated rings. The van der Waals surface area contributed by atoms with Gasteiger partial charge in [-0.1, -0.05) is 18.2 Å². The minimum Gasteiger partial charge on any atom is -0.487 e. The molecule has 6 nitrogen and oxygen atoms in total. The van der Waals surface area contributed by atoms with Gasteiger partial charge in [0.1, 0.15) is 12.4 Å². The van der Waals surface area contributed by atoms with Crippen molar-refractivity contribution in [1.82, 2.24) is 4.98 Å². The zero-order valence-electron chi connectivity index (χ0n) is 15.3. The molecule has 4 rings (SSSR count). The van der Waals surface area contributed by atoms with Crippen molar-refractivity contribution >= 4 is 11.6 Å². The Bertz CT molecular complexity index is 960. The summed E-state index contributed by atoms with van der Waals surface area (Å²) in [5.74, 6) is 2.10. The topological polar surface area (TPSA) is 69.7 Å². The van der Waals surface area contributed by atoms with Crippen molar-refractivity contribution in [2.75, 3.05) is 12.1 Å². The van der Waals surface area contributed by atoms with Gasteiger partial charge in [-0.3, -0.25) is 9.78 Å². The maximum absolute atomic E-state index is 12.3. The number of amides is 1. The molecule has 0 aliphatic carbocycles. The number of ether oxygens (including phenoxy) is 3. The van der Waals surface area contributed by atoms with Gasteiger partial charge in [-0.15, -0.1) is 0 Å². The smallest absolute Gasteiger partial charge is 0.231 e. The summed E-state index contributed by atoms with van der Waals surface area (Å²) in [6.45, 7) is 0.625. The molecular weight excluding hydrogens is 356 g/mol. The number of nitrogens with zero attached hydrogens (tertiary/aromatic N) is 1. The van der Waals surface area contributed by atoms with Crippen molar-refractivity contribution in [2.45, 2.75) is 19.4 Å². The first-order valence-electron chi connectivity index (χ1n) is 9.07. The molecule has 1 aromatic heterocycles. The fourth-order valence-electron chi connectivity index (χ4n) is 2.88. The molecule has 0 bridgehead atoms. The zero-order valence-corrected chi connectivity index (χ0v) is 15.3. The van der Waals surface area contributed by atoms with E-state index in [2.05, 4.69) is 10.3 Å². The van der Waals surface area contributed by atoms with Crippen LogP contribution in [-0.2, 0) is 17.8 Å². The number of aryl methyl sites for hydroxylation is 1. The lowest BCUT2D eigenvalue weighted by molar-refractivity contribution is -0.116. The number of anilines is 1. The van der Waals surface area contributed by atoms with Gasteiger partial charge in [0.05, 0.1) is 5.69 Å². The van der Waals surface area contributed by atoms with Crippen LogP contribution in [0.15, 0.2) is 66.9 Å². The maximum atomic E-state index is 12.3. The second kappa shape index (κ2) is 8.43. The molecule has 0 saturated heterocycles. The van der Waals surface area contributed by atoms with E-state index in [0.29, 0.717) is 30.9 Å². The van der Waals surface area contributed by atoms with Gasteiger partial charge in [0.2, 0.25) is 12.7 Å². The van der Waals surface area contributed by atoms with Gasteiger partial charge in [-0.2, -0.15) is 0 Å². The summed E-state index contributed by atoms with van der Waals surface area (Å²) in [5.41, 5.74) is 2.58. The highest BCUT2D eigenvalue weighted by atomic mass is 16.7. The van der Waals surface area contributed by atoms with Crippen molar-refractivity contribution in [2.24, 2.45) is 0 Å². The van der Waals surface area contributed by atoms with E-state index in [1.54, 1.807) is 12.3 Å². The summed E-state index contributed by atoms with van der Waals surface area (Å²) >= 11 is 0. The number of pyridine rings is 1. The first kappa shape index (κ1) is 17.9. The van der Waals surface area contributed by atoms with Gasteiger partial charge in [0.25, 0.3) is 0 Å². The first-order chi connectivity index (χ1) is 13.8. The molecular formula is C22H20N2O4. The predicted molar refractivity (Wildman–Crippen MR) is 105 cm³/mol. The summed E-state index contributed by atoms with van der Waals surface area (Å²) < 4.78 is 16.4. The molecule has 142 valence electrons. The SMILES string of the molecule is O=C(CCc1ccc2c(c1)OCO2)Nc1cccc(OCc2ccccn2)c1. The molecule has 0 spiro atoms. The van der Waals surface area contributed by atoms with Crippen molar-refractivity contribution in [1.29, 1.82) is 0 Å². The Kier molecular flexibility index (Phi) is 5.38. The number of hydrogen-bond donors (Lipinski definition) is 1. The highest BCUT2D eigenvalue weighted by Gasteiger charge is 2.13. The zero-order chi connectivity index (χ0) is 19.2. The van der Waals surface area contributed by atoms with Crippen LogP contribution >= 0.6 is 0 Å². The summed E-state index contributed by atoms with van der Waals surface area (Å²) in [4.78, 5) is 16.5. The minimum absolute atomic E-state index is 0.0560. The lowest BCUT2D eigenvalue weighted by atomic mass is 10.1. The van der Waals surface area contributed by atoms with Crippen LogP contribution in [0.5, 0.6) is 17.2 Å². The van der Waals surface area contributed by atoms with Crippen molar-refractivity contribution in [3.05, 3.63) is 78.1 Å². The number of hydrogen-bond acceptors (Lipinski definition) is 5. The van der Waals surface area contributed by atoms with Gasteiger partial charge in [0, 0.05) is 24.4 Å². The average molecular weight is 376 g/mol. The number of aromatic nitrogens is 1. The largest absolute Gasteiger partial charge is 0.487 e. The van der Waals surface area contributed by atoms with E-state index < -0.39 is 0 Å². The number of nitrogens with one attached hydrogen (secondary N) is 1. The van der Waals surface area contributed by atoms with Gasteiger partial charge in [-0.05, 0) is 48.4 Å². The van der Waals surface area contributed by atoms with E-state index in [0.717, 1.165) is 22.8 Å². The summed E-state index contributed by atoms with van der Waals surface area (Å²) in [5, 5.41) is 2.91. The molecule has 0 saturated carbocycles. The summed E-state index contributed by atoms with van der Waals surface area (Å²) in [6.07, 6.45) is 2.73. The Hall–Kier alpha value is -3.54. The molecule has 1 N–H and O–H groups in total. The molecule has 0 unspecified atom stereocenters. The Morgan fingerprint density at radius 1 is 1.04 bits per heavy atom. The summed E-state index contributed by atoms with van der Waals surface area (Å²) in [7, 11) is 0. The lowest BCUT2D eigenvalue weighted by Crippen LogP contribution is -2.12. The molecule has 2 heterocycles. The second-order valence-electron chi connectivity index (χ2n) is 6.37. The van der Waals surface area contributed by atoms with Crippen molar-refractivity contribution < 1.29 is 19.0 Å². The number of carbonyl (C=O) groups is 1. The van der Waals surface area contributed by atoms with Gasteiger partial charge in [-0.25, -0.2) is 0 Å². The third-order valence-electron chi connectivity index (χ3n) is 4.31. The third-order valence-corrected chi connectivity index (χ3v) is 4.31. The molecule has 0 radical (unpaired) electrons. The predicted octanol–water partition coefficient (Wildman–Crippen LogP) is 3.96. The third kappa shape index (κ3) is 4.59. The molecule has 2 aromatic carbocycles. The van der Waals surface area contributed by atoms with Crippen molar-refractivity contribution in [3.8, 4) is 17.2 Å². The fourth-order valence-corrected chi connectivity index (χ4v) is 2.88. The summed E-state index contributed by atoms with van der Waals surface area (Å²) in [6, 6.07) is 18.8. The molecule has 3 aromatic rings.